The van der Waals surface area contributed by atoms with Crippen molar-refractivity contribution in [2.75, 3.05) is 0 Å². The first kappa shape index (κ1) is 17.0. The van der Waals surface area contributed by atoms with Crippen LogP contribution in [0.2, 0.25) is 0 Å². The zero-order valence-electron chi connectivity index (χ0n) is 14.9. The summed E-state index contributed by atoms with van der Waals surface area (Å²) in [6.07, 6.45) is 0. The van der Waals surface area contributed by atoms with Crippen LogP contribution in [0, 0.1) is 6.92 Å². The highest BCUT2D eigenvalue weighted by Gasteiger charge is 2.19. The Hall–Kier alpha value is -2.88. The third-order valence-corrected chi connectivity index (χ3v) is 4.40. The van der Waals surface area contributed by atoms with Crippen LogP contribution in [0.15, 0.2) is 60.7 Å². The molecule has 4 heteroatoms. The fourth-order valence-corrected chi connectivity index (χ4v) is 2.93. The Balaban J connectivity index is 2.04. The van der Waals surface area contributed by atoms with Crippen LogP contribution >= 0.6 is 0 Å². The van der Waals surface area contributed by atoms with Crippen molar-refractivity contribution >= 4 is 16.9 Å². The summed E-state index contributed by atoms with van der Waals surface area (Å²) in [5.41, 5.74) is 4.98. The van der Waals surface area contributed by atoms with Crippen molar-refractivity contribution in [2.24, 2.45) is 0 Å². The molecule has 1 amide bonds. The molecule has 4 nitrogen and oxygen atoms in total. The summed E-state index contributed by atoms with van der Waals surface area (Å²) in [4.78, 5) is 16.8. The van der Waals surface area contributed by atoms with E-state index in [1.54, 1.807) is 6.92 Å². The van der Waals surface area contributed by atoms with Gasteiger partial charge in [-0.15, -0.1) is 0 Å². The highest BCUT2D eigenvalue weighted by atomic mass is 16.1. The first-order valence-corrected chi connectivity index (χ1v) is 8.43. The molecule has 0 bridgehead atoms. The fraction of sp³-hybridized carbons (Fsp3) is 0.238. The van der Waals surface area contributed by atoms with Crippen LogP contribution in [0.1, 0.15) is 36.8 Å². The third-order valence-electron chi connectivity index (χ3n) is 4.40. The van der Waals surface area contributed by atoms with Crippen LogP contribution < -0.4 is 5.32 Å². The van der Waals surface area contributed by atoms with Crippen LogP contribution in [0.5, 0.6) is 0 Å². The maximum Gasteiger partial charge on any atom is 0.246 e. The molecule has 0 aliphatic heterocycles. The predicted octanol–water partition coefficient (Wildman–Crippen LogP) is 4.15. The molecule has 25 heavy (non-hydrogen) atoms. The normalized spacial score (nSPS) is 12.1. The summed E-state index contributed by atoms with van der Waals surface area (Å²) in [7, 11) is 0. The standard InChI is InChI=1S/C21H23N3O/c1-14(2)21(25)22-16(4)20-23-18-11-7-8-12-19(18)24(20)13-17-10-6-5-9-15(17)3/h5-12,16H,1,13H2,2-4H3,(H,22,25). The summed E-state index contributed by atoms with van der Waals surface area (Å²) < 4.78 is 2.18. The molecular formula is C21H23N3O. The lowest BCUT2D eigenvalue weighted by Crippen LogP contribution is -2.29. The van der Waals surface area contributed by atoms with Crippen molar-refractivity contribution in [3.8, 4) is 0 Å². The SMILES string of the molecule is C=C(C)C(=O)NC(C)c1nc2ccccc2n1Cc1ccccc1C. The molecule has 0 aliphatic rings. The molecule has 3 aromatic rings. The van der Waals surface area contributed by atoms with Gasteiger partial charge in [0.15, 0.2) is 0 Å². The van der Waals surface area contributed by atoms with Crippen LogP contribution in [0.3, 0.4) is 0 Å². The van der Waals surface area contributed by atoms with Crippen LogP contribution in [-0.4, -0.2) is 15.5 Å². The molecule has 2 aromatic carbocycles. The maximum absolute atomic E-state index is 12.0. The number of aryl methyl sites for hydroxylation is 1. The van der Waals surface area contributed by atoms with Crippen molar-refractivity contribution in [3.63, 3.8) is 0 Å². The van der Waals surface area contributed by atoms with Gasteiger partial charge in [0.2, 0.25) is 5.91 Å². The highest BCUT2D eigenvalue weighted by molar-refractivity contribution is 5.92. The molecule has 0 spiro atoms. The number of carbonyl (C=O) groups is 1. The largest absolute Gasteiger partial charge is 0.343 e. The molecule has 1 heterocycles. The summed E-state index contributed by atoms with van der Waals surface area (Å²) in [6, 6.07) is 16.2. The van der Waals surface area contributed by atoms with E-state index in [2.05, 4.69) is 41.6 Å². The van der Waals surface area contributed by atoms with E-state index in [1.807, 2.05) is 37.3 Å². The number of carbonyl (C=O) groups excluding carboxylic acids is 1. The van der Waals surface area contributed by atoms with E-state index in [4.69, 9.17) is 4.98 Å². The van der Waals surface area contributed by atoms with Crippen molar-refractivity contribution in [3.05, 3.63) is 77.6 Å². The topological polar surface area (TPSA) is 46.9 Å². The van der Waals surface area contributed by atoms with Gasteiger partial charge in [0.1, 0.15) is 5.82 Å². The number of nitrogens with zero attached hydrogens (tertiary/aromatic N) is 2. The minimum Gasteiger partial charge on any atom is -0.343 e. The molecule has 3 rings (SSSR count). The first-order chi connectivity index (χ1) is 12.0. The first-order valence-electron chi connectivity index (χ1n) is 8.43. The van der Waals surface area contributed by atoms with Crippen molar-refractivity contribution in [1.82, 2.24) is 14.9 Å². The van der Waals surface area contributed by atoms with Crippen LogP contribution in [0.4, 0.5) is 0 Å². The van der Waals surface area contributed by atoms with E-state index >= 15 is 0 Å². The van der Waals surface area contributed by atoms with Gasteiger partial charge in [-0.3, -0.25) is 4.79 Å². The molecule has 0 radical (unpaired) electrons. The van der Waals surface area contributed by atoms with Gasteiger partial charge in [0.05, 0.1) is 17.1 Å². The predicted molar refractivity (Wildman–Crippen MR) is 101 cm³/mol. The Kier molecular flexibility index (Phi) is 4.70. The van der Waals surface area contributed by atoms with E-state index in [0.717, 1.165) is 23.4 Å². The van der Waals surface area contributed by atoms with Crippen molar-refractivity contribution < 1.29 is 4.79 Å². The van der Waals surface area contributed by atoms with Gasteiger partial charge in [-0.2, -0.15) is 0 Å². The maximum atomic E-state index is 12.0. The number of hydrogen-bond acceptors (Lipinski definition) is 2. The Morgan fingerprint density at radius 3 is 2.60 bits per heavy atom. The van der Waals surface area contributed by atoms with Gasteiger partial charge in [0.25, 0.3) is 0 Å². The van der Waals surface area contributed by atoms with Crippen LogP contribution in [-0.2, 0) is 11.3 Å². The number of imidazole rings is 1. The van der Waals surface area contributed by atoms with Gasteiger partial charge < -0.3 is 9.88 Å². The Morgan fingerprint density at radius 2 is 1.88 bits per heavy atom. The molecule has 1 N–H and O–H groups in total. The molecule has 1 atom stereocenters. The number of para-hydroxylation sites is 2. The number of rotatable bonds is 5. The average molecular weight is 333 g/mol. The van der Waals surface area contributed by atoms with Gasteiger partial charge in [-0.1, -0.05) is 43.0 Å². The minimum absolute atomic E-state index is 0.151. The van der Waals surface area contributed by atoms with Crippen molar-refractivity contribution in [2.45, 2.75) is 33.4 Å². The molecule has 0 fully saturated rings. The van der Waals surface area contributed by atoms with E-state index < -0.39 is 0 Å². The number of fused-ring (bicyclic) bond motifs is 1. The Morgan fingerprint density at radius 1 is 1.20 bits per heavy atom. The van der Waals surface area contributed by atoms with E-state index in [-0.39, 0.29) is 11.9 Å². The quantitative estimate of drug-likeness (QED) is 0.713. The lowest BCUT2D eigenvalue weighted by molar-refractivity contribution is -0.118. The van der Waals surface area contributed by atoms with Gasteiger partial charge in [-0.25, -0.2) is 4.98 Å². The molecular weight excluding hydrogens is 310 g/mol. The van der Waals surface area contributed by atoms with Gasteiger partial charge >= 0.3 is 0 Å². The lowest BCUT2D eigenvalue weighted by Gasteiger charge is -2.17. The monoisotopic (exact) mass is 333 g/mol. The minimum atomic E-state index is -0.208. The van der Waals surface area contributed by atoms with E-state index in [9.17, 15) is 4.79 Å². The average Bonchev–Trinajstić information content (AvgIpc) is 2.95. The van der Waals surface area contributed by atoms with Crippen molar-refractivity contribution in [1.29, 1.82) is 0 Å². The molecule has 1 aromatic heterocycles. The molecule has 1 unspecified atom stereocenters. The van der Waals surface area contributed by atoms with E-state index in [1.165, 1.54) is 11.1 Å². The number of aromatic nitrogens is 2. The van der Waals surface area contributed by atoms with Gasteiger partial charge in [0, 0.05) is 12.1 Å². The zero-order chi connectivity index (χ0) is 18.0. The Labute approximate surface area is 148 Å². The van der Waals surface area contributed by atoms with Crippen LogP contribution in [0.25, 0.3) is 11.0 Å². The van der Waals surface area contributed by atoms with E-state index in [0.29, 0.717) is 5.57 Å². The molecule has 0 saturated carbocycles. The molecule has 0 saturated heterocycles. The molecule has 0 aliphatic carbocycles. The summed E-state index contributed by atoms with van der Waals surface area (Å²) in [5, 5.41) is 2.98. The third kappa shape index (κ3) is 3.48. The second-order valence-electron chi connectivity index (χ2n) is 6.45. The number of benzene rings is 2. The summed E-state index contributed by atoms with van der Waals surface area (Å²) in [6.45, 7) is 10.2. The summed E-state index contributed by atoms with van der Waals surface area (Å²) in [5.74, 6) is 0.695. The number of amides is 1. The second-order valence-corrected chi connectivity index (χ2v) is 6.45. The smallest absolute Gasteiger partial charge is 0.246 e. The lowest BCUT2D eigenvalue weighted by atomic mass is 10.1. The number of nitrogens with one attached hydrogen (secondary N) is 1. The zero-order valence-corrected chi connectivity index (χ0v) is 14.9. The molecule has 128 valence electrons. The van der Waals surface area contributed by atoms with Gasteiger partial charge in [-0.05, 0) is 44.0 Å². The number of hydrogen-bond donors (Lipinski definition) is 1. The Bertz CT molecular complexity index is 939. The fourth-order valence-electron chi connectivity index (χ4n) is 2.93. The highest BCUT2D eigenvalue weighted by Crippen LogP contribution is 2.23. The second kappa shape index (κ2) is 6.93. The summed E-state index contributed by atoms with van der Waals surface area (Å²) >= 11 is 0.